The number of hydrogen-bond acceptors (Lipinski definition) is 5. The first kappa shape index (κ1) is 17.8. The highest BCUT2D eigenvalue weighted by molar-refractivity contribution is 5.16. The lowest BCUT2D eigenvalue weighted by Crippen LogP contribution is -2.36. The second-order valence-corrected chi connectivity index (χ2v) is 7.38. The Kier molecular flexibility index (Phi) is 7.02. The number of hydrogen-bond donors (Lipinski definition) is 3. The van der Waals surface area contributed by atoms with E-state index in [2.05, 4.69) is 39.2 Å². The highest BCUT2D eigenvalue weighted by atomic mass is 15.4. The quantitative estimate of drug-likeness (QED) is 0.637. The molecule has 1 saturated heterocycles. The van der Waals surface area contributed by atoms with E-state index >= 15 is 0 Å². The molecule has 1 saturated carbocycles. The van der Waals surface area contributed by atoms with Gasteiger partial charge >= 0.3 is 0 Å². The average Bonchev–Trinajstić information content (AvgIpc) is 3.11. The smallest absolute Gasteiger partial charge is 0.0530 e. The van der Waals surface area contributed by atoms with Gasteiger partial charge in [-0.2, -0.15) is 0 Å². The summed E-state index contributed by atoms with van der Waals surface area (Å²) in [6.07, 6.45) is 12.1. The number of nitrogens with one attached hydrogen (secondary N) is 3. The van der Waals surface area contributed by atoms with Crippen molar-refractivity contribution in [3.63, 3.8) is 0 Å². The van der Waals surface area contributed by atoms with Gasteiger partial charge in [0.15, 0.2) is 0 Å². The zero-order chi connectivity index (χ0) is 16.6. The maximum Gasteiger partial charge on any atom is 0.0530 e. The largest absolute Gasteiger partial charge is 0.316 e. The molecule has 3 rings (SSSR count). The zero-order valence-corrected chi connectivity index (χ0v) is 15.0. The lowest BCUT2D eigenvalue weighted by Gasteiger charge is -2.31. The van der Waals surface area contributed by atoms with Crippen LogP contribution in [0.15, 0.2) is 24.5 Å². The molecule has 2 fully saturated rings. The molecule has 3 N–H and O–H groups in total. The first-order valence-electron chi connectivity index (χ1n) is 9.64. The van der Waals surface area contributed by atoms with Crippen molar-refractivity contribution in [2.24, 2.45) is 5.92 Å². The molecule has 1 aliphatic carbocycles. The van der Waals surface area contributed by atoms with E-state index in [1.54, 1.807) is 0 Å². The molecule has 5 nitrogen and oxygen atoms in total. The van der Waals surface area contributed by atoms with Gasteiger partial charge in [-0.25, -0.2) is 5.43 Å². The molecule has 0 radical (unpaired) electrons. The van der Waals surface area contributed by atoms with Gasteiger partial charge in [0, 0.05) is 37.4 Å². The SMILES string of the molecule is CN(CCCNCC1CNNC1c1cccnc1)C1CCCCC1. The molecule has 1 aliphatic heterocycles. The Hall–Kier alpha value is -1.01. The summed E-state index contributed by atoms with van der Waals surface area (Å²) in [5.74, 6) is 0.574. The third-order valence-electron chi connectivity index (χ3n) is 5.61. The second kappa shape index (κ2) is 9.47. The van der Waals surface area contributed by atoms with E-state index in [4.69, 9.17) is 0 Å². The van der Waals surface area contributed by atoms with Crippen LogP contribution in [0.3, 0.4) is 0 Å². The third-order valence-corrected chi connectivity index (χ3v) is 5.61. The molecule has 2 unspecified atom stereocenters. The van der Waals surface area contributed by atoms with Gasteiger partial charge in [-0.1, -0.05) is 25.3 Å². The van der Waals surface area contributed by atoms with Gasteiger partial charge in [0.25, 0.3) is 0 Å². The van der Waals surface area contributed by atoms with E-state index < -0.39 is 0 Å². The van der Waals surface area contributed by atoms with Crippen LogP contribution in [0.5, 0.6) is 0 Å². The molecule has 0 amide bonds. The summed E-state index contributed by atoms with van der Waals surface area (Å²) in [7, 11) is 2.30. The lowest BCUT2D eigenvalue weighted by molar-refractivity contribution is 0.189. The van der Waals surface area contributed by atoms with Crippen molar-refractivity contribution in [2.45, 2.75) is 50.6 Å². The molecule has 0 aromatic carbocycles. The Labute approximate surface area is 146 Å². The van der Waals surface area contributed by atoms with Crippen molar-refractivity contribution in [1.29, 1.82) is 0 Å². The summed E-state index contributed by atoms with van der Waals surface area (Å²) < 4.78 is 0. The van der Waals surface area contributed by atoms with E-state index in [9.17, 15) is 0 Å². The standard InChI is InChI=1S/C19H33N5/c1-24(18-8-3-2-4-9-18)12-6-11-21-14-17-15-22-23-19(17)16-7-5-10-20-13-16/h5,7,10,13,17-19,21-23H,2-4,6,8-9,11-12,14-15H2,1H3. The van der Waals surface area contributed by atoms with Gasteiger partial charge in [-0.3, -0.25) is 10.4 Å². The van der Waals surface area contributed by atoms with Crippen molar-refractivity contribution in [2.75, 3.05) is 33.2 Å². The highest BCUT2D eigenvalue weighted by Crippen LogP contribution is 2.23. The number of rotatable bonds is 8. The molecule has 0 bridgehead atoms. The van der Waals surface area contributed by atoms with Crippen LogP contribution in [0.2, 0.25) is 0 Å². The molecule has 134 valence electrons. The zero-order valence-electron chi connectivity index (χ0n) is 15.0. The number of hydrazine groups is 1. The topological polar surface area (TPSA) is 52.2 Å². The Morgan fingerprint density at radius 2 is 2.17 bits per heavy atom. The molecular formula is C19H33N5. The summed E-state index contributed by atoms with van der Waals surface area (Å²) in [5.41, 5.74) is 7.95. The normalized spacial score (nSPS) is 25.4. The summed E-state index contributed by atoms with van der Waals surface area (Å²) in [5, 5.41) is 3.66. The Bertz CT molecular complexity index is 460. The Morgan fingerprint density at radius 1 is 1.29 bits per heavy atom. The third kappa shape index (κ3) is 4.99. The maximum atomic E-state index is 4.24. The van der Waals surface area contributed by atoms with Crippen molar-refractivity contribution in [3.8, 4) is 0 Å². The summed E-state index contributed by atoms with van der Waals surface area (Å²) >= 11 is 0. The van der Waals surface area contributed by atoms with Crippen LogP contribution in [-0.2, 0) is 0 Å². The number of aromatic nitrogens is 1. The van der Waals surface area contributed by atoms with E-state index in [0.717, 1.165) is 25.7 Å². The molecule has 2 aliphatic rings. The van der Waals surface area contributed by atoms with Crippen molar-refractivity contribution < 1.29 is 0 Å². The summed E-state index contributed by atoms with van der Waals surface area (Å²) in [4.78, 5) is 6.82. The van der Waals surface area contributed by atoms with Crippen LogP contribution < -0.4 is 16.2 Å². The molecule has 24 heavy (non-hydrogen) atoms. The van der Waals surface area contributed by atoms with E-state index in [-0.39, 0.29) is 0 Å². The highest BCUT2D eigenvalue weighted by Gasteiger charge is 2.27. The van der Waals surface area contributed by atoms with Crippen molar-refractivity contribution in [1.82, 2.24) is 26.1 Å². The van der Waals surface area contributed by atoms with Crippen LogP contribution in [0.4, 0.5) is 0 Å². The second-order valence-electron chi connectivity index (χ2n) is 7.38. The fraction of sp³-hybridized carbons (Fsp3) is 0.737. The van der Waals surface area contributed by atoms with Gasteiger partial charge in [0.05, 0.1) is 6.04 Å². The fourth-order valence-electron chi connectivity index (χ4n) is 4.09. The summed E-state index contributed by atoms with van der Waals surface area (Å²) in [6.45, 7) is 4.37. The van der Waals surface area contributed by atoms with Gasteiger partial charge in [0.2, 0.25) is 0 Å². The molecule has 1 aromatic rings. The molecular weight excluding hydrogens is 298 g/mol. The fourth-order valence-corrected chi connectivity index (χ4v) is 4.09. The molecule has 1 aromatic heterocycles. The maximum absolute atomic E-state index is 4.24. The monoisotopic (exact) mass is 331 g/mol. The van der Waals surface area contributed by atoms with Gasteiger partial charge in [-0.05, 0) is 51.0 Å². The minimum Gasteiger partial charge on any atom is -0.316 e. The van der Waals surface area contributed by atoms with Gasteiger partial charge in [-0.15, -0.1) is 0 Å². The molecule has 2 atom stereocenters. The average molecular weight is 332 g/mol. The molecule has 5 heteroatoms. The first-order valence-corrected chi connectivity index (χ1v) is 9.64. The predicted octanol–water partition coefficient (Wildman–Crippen LogP) is 2.09. The van der Waals surface area contributed by atoms with Crippen molar-refractivity contribution >= 4 is 0 Å². The van der Waals surface area contributed by atoms with E-state index in [0.29, 0.717) is 12.0 Å². The minimum absolute atomic E-state index is 0.358. The Balaban J connectivity index is 1.33. The van der Waals surface area contributed by atoms with Crippen molar-refractivity contribution in [3.05, 3.63) is 30.1 Å². The number of nitrogens with zero attached hydrogens (tertiary/aromatic N) is 2. The predicted molar refractivity (Wildman–Crippen MR) is 98.6 cm³/mol. The lowest BCUT2D eigenvalue weighted by atomic mass is 9.94. The minimum atomic E-state index is 0.358. The van der Waals surface area contributed by atoms with Crippen LogP contribution >= 0.6 is 0 Å². The van der Waals surface area contributed by atoms with Gasteiger partial charge in [0.1, 0.15) is 0 Å². The van der Waals surface area contributed by atoms with E-state index in [1.807, 2.05) is 18.5 Å². The van der Waals surface area contributed by atoms with Crippen LogP contribution in [0.25, 0.3) is 0 Å². The van der Waals surface area contributed by atoms with Crippen LogP contribution in [-0.4, -0.2) is 49.2 Å². The van der Waals surface area contributed by atoms with Gasteiger partial charge < -0.3 is 10.2 Å². The number of pyridine rings is 1. The molecule has 2 heterocycles. The Morgan fingerprint density at radius 3 is 2.96 bits per heavy atom. The van der Waals surface area contributed by atoms with E-state index in [1.165, 1.54) is 50.6 Å². The van der Waals surface area contributed by atoms with Crippen LogP contribution in [0.1, 0.15) is 50.1 Å². The van der Waals surface area contributed by atoms with Crippen LogP contribution in [0, 0.1) is 5.92 Å². The first-order chi connectivity index (χ1) is 11.8. The summed E-state index contributed by atoms with van der Waals surface area (Å²) in [6, 6.07) is 5.36. The molecule has 0 spiro atoms.